The summed E-state index contributed by atoms with van der Waals surface area (Å²) in [6.45, 7) is 0. The summed E-state index contributed by atoms with van der Waals surface area (Å²) < 4.78 is 50.1. The molecular formula is C10H9BrF4O2. The van der Waals surface area contributed by atoms with E-state index in [2.05, 4.69) is 15.9 Å². The van der Waals surface area contributed by atoms with Crippen molar-refractivity contribution in [3.63, 3.8) is 0 Å². The lowest BCUT2D eigenvalue weighted by atomic mass is 10.0. The Balaban J connectivity index is 3.13. The van der Waals surface area contributed by atoms with Crippen LogP contribution in [0.15, 0.2) is 18.2 Å². The van der Waals surface area contributed by atoms with E-state index in [0.717, 1.165) is 6.07 Å². The van der Waals surface area contributed by atoms with E-state index in [-0.39, 0.29) is 10.9 Å². The fraction of sp³-hybridized carbons (Fsp3) is 0.400. The lowest BCUT2D eigenvalue weighted by molar-refractivity contribution is -0.140. The third-order valence-corrected chi connectivity index (χ3v) is 2.82. The van der Waals surface area contributed by atoms with Crippen LogP contribution in [-0.4, -0.2) is 21.6 Å². The predicted molar refractivity (Wildman–Crippen MR) is 56.2 cm³/mol. The lowest BCUT2D eigenvalue weighted by Gasteiger charge is -2.17. The molecule has 7 heteroatoms. The molecule has 0 saturated carbocycles. The molecule has 0 aliphatic carbocycles. The van der Waals surface area contributed by atoms with E-state index in [1.807, 2.05) is 0 Å². The highest BCUT2D eigenvalue weighted by Crippen LogP contribution is 2.33. The zero-order valence-corrected chi connectivity index (χ0v) is 9.96. The fourth-order valence-electron chi connectivity index (χ4n) is 1.25. The Labute approximate surface area is 103 Å². The van der Waals surface area contributed by atoms with Gasteiger partial charge in [-0.25, -0.2) is 4.39 Å². The standard InChI is InChI=1S/C10H9BrF4O2/c11-4-8(16)9(17)5-1-2-7(12)6(3-5)10(13,14)15/h1-3,8-9,16-17H,4H2. The summed E-state index contributed by atoms with van der Waals surface area (Å²) in [5, 5.41) is 18.8. The van der Waals surface area contributed by atoms with Crippen molar-refractivity contribution in [1.82, 2.24) is 0 Å². The van der Waals surface area contributed by atoms with Gasteiger partial charge in [0.1, 0.15) is 11.9 Å². The highest BCUT2D eigenvalue weighted by atomic mass is 79.9. The van der Waals surface area contributed by atoms with Crippen LogP contribution in [0.5, 0.6) is 0 Å². The highest BCUT2D eigenvalue weighted by Gasteiger charge is 2.35. The van der Waals surface area contributed by atoms with E-state index in [9.17, 15) is 27.8 Å². The molecule has 17 heavy (non-hydrogen) atoms. The third-order valence-electron chi connectivity index (χ3n) is 2.16. The van der Waals surface area contributed by atoms with Gasteiger partial charge in [-0.2, -0.15) is 13.2 Å². The van der Waals surface area contributed by atoms with E-state index in [1.165, 1.54) is 0 Å². The smallest absolute Gasteiger partial charge is 0.389 e. The maximum Gasteiger partial charge on any atom is 0.419 e. The van der Waals surface area contributed by atoms with Crippen molar-refractivity contribution < 1.29 is 27.8 Å². The van der Waals surface area contributed by atoms with Crippen LogP contribution >= 0.6 is 15.9 Å². The summed E-state index contributed by atoms with van der Waals surface area (Å²) in [5.74, 6) is -1.42. The number of hydrogen-bond acceptors (Lipinski definition) is 2. The van der Waals surface area contributed by atoms with Crippen LogP contribution < -0.4 is 0 Å². The van der Waals surface area contributed by atoms with Crippen molar-refractivity contribution in [3.8, 4) is 0 Å². The molecule has 0 heterocycles. The molecule has 0 amide bonds. The first-order chi connectivity index (χ1) is 7.77. The van der Waals surface area contributed by atoms with E-state index >= 15 is 0 Å². The quantitative estimate of drug-likeness (QED) is 0.665. The minimum absolute atomic E-state index is 0.00705. The summed E-state index contributed by atoms with van der Waals surface area (Å²) >= 11 is 2.88. The van der Waals surface area contributed by atoms with Crippen molar-refractivity contribution in [3.05, 3.63) is 35.1 Å². The van der Waals surface area contributed by atoms with Gasteiger partial charge in [-0.1, -0.05) is 22.0 Å². The molecule has 96 valence electrons. The number of hydrogen-bond donors (Lipinski definition) is 2. The molecule has 2 unspecified atom stereocenters. The molecule has 0 radical (unpaired) electrons. The highest BCUT2D eigenvalue weighted by molar-refractivity contribution is 9.09. The van der Waals surface area contributed by atoms with Crippen LogP contribution in [0.4, 0.5) is 17.6 Å². The molecule has 1 aromatic carbocycles. The second-order valence-corrected chi connectivity index (χ2v) is 4.05. The van der Waals surface area contributed by atoms with Crippen molar-refractivity contribution in [2.75, 3.05) is 5.33 Å². The average Bonchev–Trinajstić information content (AvgIpc) is 2.26. The molecule has 2 N–H and O–H groups in total. The Hall–Kier alpha value is -0.660. The number of aliphatic hydroxyl groups excluding tert-OH is 2. The Morgan fingerprint density at radius 2 is 1.82 bits per heavy atom. The molecule has 1 rings (SSSR count). The molecule has 2 atom stereocenters. The topological polar surface area (TPSA) is 40.5 Å². The van der Waals surface area contributed by atoms with Crippen LogP contribution in [0.2, 0.25) is 0 Å². The van der Waals surface area contributed by atoms with Gasteiger partial charge < -0.3 is 10.2 Å². The predicted octanol–water partition coefficient (Wildman–Crippen LogP) is 2.63. The lowest BCUT2D eigenvalue weighted by Crippen LogP contribution is -2.20. The van der Waals surface area contributed by atoms with Crippen molar-refractivity contribution >= 4 is 15.9 Å². The number of rotatable bonds is 3. The van der Waals surface area contributed by atoms with E-state index in [4.69, 9.17) is 0 Å². The SMILES string of the molecule is OC(CBr)C(O)c1ccc(F)c(C(F)(F)F)c1. The first-order valence-electron chi connectivity index (χ1n) is 4.56. The summed E-state index contributed by atoms with van der Waals surface area (Å²) in [7, 11) is 0. The van der Waals surface area contributed by atoms with E-state index < -0.39 is 29.8 Å². The minimum Gasteiger partial charge on any atom is -0.389 e. The number of benzene rings is 1. The van der Waals surface area contributed by atoms with Crippen LogP contribution in [-0.2, 0) is 6.18 Å². The molecule has 0 fully saturated rings. The summed E-state index contributed by atoms with van der Waals surface area (Å²) in [5.41, 5.74) is -1.65. The summed E-state index contributed by atoms with van der Waals surface area (Å²) in [6.07, 6.45) is -7.60. The second kappa shape index (κ2) is 5.32. The van der Waals surface area contributed by atoms with Gasteiger partial charge in [0, 0.05) is 5.33 Å². The van der Waals surface area contributed by atoms with Gasteiger partial charge >= 0.3 is 6.18 Å². The molecule has 0 bridgehead atoms. The first-order valence-corrected chi connectivity index (χ1v) is 5.68. The Bertz CT molecular complexity index is 394. The van der Waals surface area contributed by atoms with Gasteiger partial charge in [0.05, 0.1) is 11.7 Å². The largest absolute Gasteiger partial charge is 0.419 e. The van der Waals surface area contributed by atoms with Gasteiger partial charge in [0.25, 0.3) is 0 Å². The van der Waals surface area contributed by atoms with Crippen LogP contribution in [0.25, 0.3) is 0 Å². The Kier molecular flexibility index (Phi) is 4.51. The van der Waals surface area contributed by atoms with Crippen molar-refractivity contribution in [2.24, 2.45) is 0 Å². The van der Waals surface area contributed by atoms with Gasteiger partial charge in [0.2, 0.25) is 0 Å². The number of aliphatic hydroxyl groups is 2. The maximum absolute atomic E-state index is 12.9. The van der Waals surface area contributed by atoms with Gasteiger partial charge in [-0.3, -0.25) is 0 Å². The monoisotopic (exact) mass is 316 g/mol. The first kappa shape index (κ1) is 14.4. The molecule has 0 saturated heterocycles. The zero-order chi connectivity index (χ0) is 13.2. The van der Waals surface area contributed by atoms with Crippen LogP contribution in [0.1, 0.15) is 17.2 Å². The molecule has 2 nitrogen and oxygen atoms in total. The van der Waals surface area contributed by atoms with E-state index in [0.29, 0.717) is 12.1 Å². The third kappa shape index (κ3) is 3.40. The Morgan fingerprint density at radius 1 is 1.24 bits per heavy atom. The van der Waals surface area contributed by atoms with Gasteiger partial charge in [-0.05, 0) is 17.7 Å². The van der Waals surface area contributed by atoms with E-state index in [1.54, 1.807) is 0 Å². The maximum atomic E-state index is 12.9. The van der Waals surface area contributed by atoms with Crippen molar-refractivity contribution in [1.29, 1.82) is 0 Å². The molecular weight excluding hydrogens is 308 g/mol. The fourth-order valence-corrected chi connectivity index (χ4v) is 1.60. The minimum atomic E-state index is -4.83. The van der Waals surface area contributed by atoms with Crippen molar-refractivity contribution in [2.45, 2.75) is 18.4 Å². The van der Waals surface area contributed by atoms with Crippen LogP contribution in [0, 0.1) is 5.82 Å². The normalized spacial score (nSPS) is 15.7. The molecule has 0 spiro atoms. The second-order valence-electron chi connectivity index (χ2n) is 3.40. The van der Waals surface area contributed by atoms with Gasteiger partial charge in [-0.15, -0.1) is 0 Å². The molecule has 0 aromatic heterocycles. The molecule has 1 aromatic rings. The number of alkyl halides is 4. The Morgan fingerprint density at radius 3 is 2.29 bits per heavy atom. The molecule has 0 aliphatic rings. The van der Waals surface area contributed by atoms with Gasteiger partial charge in [0.15, 0.2) is 0 Å². The average molecular weight is 317 g/mol. The summed E-state index contributed by atoms with van der Waals surface area (Å²) in [4.78, 5) is 0. The number of halogens is 5. The zero-order valence-electron chi connectivity index (χ0n) is 8.38. The summed E-state index contributed by atoms with van der Waals surface area (Å²) in [6, 6.07) is 2.11. The van der Waals surface area contributed by atoms with Crippen LogP contribution in [0.3, 0.4) is 0 Å². The molecule has 0 aliphatic heterocycles.